The van der Waals surface area contributed by atoms with E-state index in [1.165, 1.54) is 35.0 Å². The van der Waals surface area contributed by atoms with E-state index in [1.54, 1.807) is 13.0 Å². The number of furan rings is 1. The average Bonchev–Trinajstić information content (AvgIpc) is 3.19. The minimum atomic E-state index is -0.128. The molecule has 3 rings (SSSR count). The summed E-state index contributed by atoms with van der Waals surface area (Å²) >= 11 is 1.42. The molecule has 0 bridgehead atoms. The molecule has 1 amide bonds. The molecule has 6 heteroatoms. The van der Waals surface area contributed by atoms with Crippen LogP contribution in [0, 0.1) is 27.7 Å². The molecule has 0 aliphatic heterocycles. The van der Waals surface area contributed by atoms with Gasteiger partial charge in [-0.25, -0.2) is 4.98 Å². The van der Waals surface area contributed by atoms with Crippen molar-refractivity contribution in [2.75, 3.05) is 5.32 Å². The van der Waals surface area contributed by atoms with E-state index in [-0.39, 0.29) is 18.1 Å². The van der Waals surface area contributed by atoms with Crippen LogP contribution in [0.2, 0.25) is 0 Å². The Kier molecular flexibility index (Phi) is 5.79. The van der Waals surface area contributed by atoms with E-state index in [0.717, 1.165) is 11.3 Å². The Labute approximate surface area is 168 Å². The van der Waals surface area contributed by atoms with E-state index in [0.29, 0.717) is 28.6 Å². The Morgan fingerprint density at radius 2 is 1.79 bits per heavy atom. The fourth-order valence-corrected chi connectivity index (χ4v) is 4.18. The molecular formula is C22H24N2O3S. The first kappa shape index (κ1) is 20.0. The molecule has 0 aliphatic carbocycles. The largest absolute Gasteiger partial charge is 0.466 e. The van der Waals surface area contributed by atoms with E-state index in [9.17, 15) is 9.59 Å². The number of carbonyl (C=O) groups excluding carboxylic acids is 2. The van der Waals surface area contributed by atoms with E-state index in [1.807, 2.05) is 5.38 Å². The number of aromatic nitrogens is 1. The lowest BCUT2D eigenvalue weighted by Gasteiger charge is -2.08. The maximum Gasteiger partial charge on any atom is 0.226 e. The smallest absolute Gasteiger partial charge is 0.226 e. The van der Waals surface area contributed by atoms with Crippen molar-refractivity contribution in [1.29, 1.82) is 0 Å². The molecule has 2 aromatic heterocycles. The summed E-state index contributed by atoms with van der Waals surface area (Å²) in [4.78, 5) is 28.4. The Morgan fingerprint density at radius 3 is 2.39 bits per heavy atom. The van der Waals surface area contributed by atoms with Crippen LogP contribution >= 0.6 is 11.3 Å². The molecule has 0 saturated heterocycles. The van der Waals surface area contributed by atoms with Gasteiger partial charge in [-0.3, -0.25) is 9.59 Å². The van der Waals surface area contributed by atoms with Gasteiger partial charge in [-0.2, -0.15) is 0 Å². The van der Waals surface area contributed by atoms with Gasteiger partial charge in [-0.1, -0.05) is 17.7 Å². The third-order valence-corrected chi connectivity index (χ3v) is 5.39. The molecule has 0 fully saturated rings. The number of thiazole rings is 1. The molecule has 28 heavy (non-hydrogen) atoms. The number of carbonyl (C=O) groups is 2. The molecule has 0 unspecified atom stereocenters. The minimum absolute atomic E-state index is 0.0334. The second-order valence-corrected chi connectivity index (χ2v) is 7.96. The summed E-state index contributed by atoms with van der Waals surface area (Å²) in [6.45, 7) is 9.50. The van der Waals surface area contributed by atoms with Gasteiger partial charge < -0.3 is 9.73 Å². The van der Waals surface area contributed by atoms with Crippen molar-refractivity contribution in [3.05, 3.63) is 57.4 Å². The number of aryl methyl sites for hydroxylation is 5. The predicted octanol–water partition coefficient (Wildman–Crippen LogP) is 5.41. The van der Waals surface area contributed by atoms with Gasteiger partial charge in [0.15, 0.2) is 10.9 Å². The van der Waals surface area contributed by atoms with Gasteiger partial charge in [0, 0.05) is 23.8 Å². The first-order chi connectivity index (χ1) is 13.2. The lowest BCUT2D eigenvalue weighted by Crippen LogP contribution is -2.12. The highest BCUT2D eigenvalue weighted by molar-refractivity contribution is 7.14. The van der Waals surface area contributed by atoms with Crippen molar-refractivity contribution < 1.29 is 14.0 Å². The molecule has 2 heterocycles. The lowest BCUT2D eigenvalue weighted by atomic mass is 9.98. The van der Waals surface area contributed by atoms with Crippen LogP contribution in [0.15, 0.2) is 28.0 Å². The van der Waals surface area contributed by atoms with Crippen LogP contribution in [0.5, 0.6) is 0 Å². The summed E-state index contributed by atoms with van der Waals surface area (Å²) in [5.74, 6) is 1.07. The molecule has 0 aliphatic rings. The standard InChI is InChI=1S/C22H24N2O3S/c1-12-8-13(2)21(14(3)9-12)19-11-28-22(23-19)24-20(26)7-6-17-10-18(15(4)25)16(5)27-17/h8-11H,6-7H2,1-5H3,(H,23,24,26). The molecule has 0 saturated carbocycles. The SMILES string of the molecule is CC(=O)c1cc(CCC(=O)Nc2nc(-c3c(C)cc(C)cc3C)cs2)oc1C. The highest BCUT2D eigenvalue weighted by Gasteiger charge is 2.14. The number of anilines is 1. The van der Waals surface area contributed by atoms with Crippen LogP contribution in [-0.2, 0) is 11.2 Å². The van der Waals surface area contributed by atoms with Gasteiger partial charge in [-0.05, 0) is 51.8 Å². The zero-order chi connectivity index (χ0) is 20.4. The quantitative estimate of drug-likeness (QED) is 0.565. The second-order valence-electron chi connectivity index (χ2n) is 7.10. The summed E-state index contributed by atoms with van der Waals surface area (Å²) in [7, 11) is 0. The topological polar surface area (TPSA) is 72.2 Å². The first-order valence-corrected chi connectivity index (χ1v) is 10.1. The lowest BCUT2D eigenvalue weighted by molar-refractivity contribution is -0.116. The van der Waals surface area contributed by atoms with Crippen molar-refractivity contribution in [3.63, 3.8) is 0 Å². The normalized spacial score (nSPS) is 10.9. The Bertz CT molecular complexity index is 1020. The zero-order valence-corrected chi connectivity index (χ0v) is 17.6. The minimum Gasteiger partial charge on any atom is -0.466 e. The van der Waals surface area contributed by atoms with Crippen molar-refractivity contribution in [1.82, 2.24) is 4.98 Å². The van der Waals surface area contributed by atoms with E-state index >= 15 is 0 Å². The molecule has 3 aromatic rings. The number of hydrogen-bond acceptors (Lipinski definition) is 5. The van der Waals surface area contributed by atoms with Crippen LogP contribution in [0.4, 0.5) is 5.13 Å². The maximum atomic E-state index is 12.3. The van der Waals surface area contributed by atoms with Crippen molar-refractivity contribution in [3.8, 4) is 11.3 Å². The molecule has 5 nitrogen and oxygen atoms in total. The van der Waals surface area contributed by atoms with E-state index < -0.39 is 0 Å². The van der Waals surface area contributed by atoms with Crippen molar-refractivity contribution >= 4 is 28.2 Å². The molecule has 0 atom stereocenters. The number of hydrogen-bond donors (Lipinski definition) is 1. The maximum absolute atomic E-state index is 12.3. The van der Waals surface area contributed by atoms with Crippen molar-refractivity contribution in [2.45, 2.75) is 47.5 Å². The number of nitrogens with one attached hydrogen (secondary N) is 1. The van der Waals surface area contributed by atoms with Gasteiger partial charge in [0.05, 0.1) is 11.3 Å². The number of ketones is 1. The summed E-state index contributed by atoms with van der Waals surface area (Å²) in [5.41, 5.74) is 6.14. The monoisotopic (exact) mass is 396 g/mol. The number of Topliss-reactive ketones (excluding diaryl/α,β-unsaturated/α-hetero) is 1. The first-order valence-electron chi connectivity index (χ1n) is 9.18. The molecule has 0 radical (unpaired) electrons. The van der Waals surface area contributed by atoms with Gasteiger partial charge in [0.2, 0.25) is 5.91 Å². The molecule has 1 aromatic carbocycles. The van der Waals surface area contributed by atoms with Crippen molar-refractivity contribution in [2.24, 2.45) is 0 Å². The molecule has 0 spiro atoms. The average molecular weight is 397 g/mol. The highest BCUT2D eigenvalue weighted by Crippen LogP contribution is 2.31. The second kappa shape index (κ2) is 8.10. The van der Waals surface area contributed by atoms with Gasteiger partial charge in [0.1, 0.15) is 11.5 Å². The Morgan fingerprint density at radius 1 is 1.11 bits per heavy atom. The third-order valence-electron chi connectivity index (χ3n) is 4.63. The molecule has 1 N–H and O–H groups in total. The zero-order valence-electron chi connectivity index (χ0n) is 16.8. The van der Waals surface area contributed by atoms with Crippen LogP contribution in [0.1, 0.15) is 51.9 Å². The Balaban J connectivity index is 1.65. The van der Waals surface area contributed by atoms with Gasteiger partial charge in [-0.15, -0.1) is 11.3 Å². The number of benzene rings is 1. The third kappa shape index (κ3) is 4.39. The summed E-state index contributed by atoms with van der Waals surface area (Å²) < 4.78 is 5.56. The number of amides is 1. The highest BCUT2D eigenvalue weighted by atomic mass is 32.1. The molecular weight excluding hydrogens is 372 g/mol. The fourth-order valence-electron chi connectivity index (χ4n) is 3.46. The summed E-state index contributed by atoms with van der Waals surface area (Å²) in [6.07, 6.45) is 0.705. The van der Waals surface area contributed by atoms with E-state index in [4.69, 9.17) is 4.42 Å². The number of rotatable bonds is 6. The predicted molar refractivity (Wildman–Crippen MR) is 112 cm³/mol. The Hall–Kier alpha value is -2.73. The van der Waals surface area contributed by atoms with Crippen LogP contribution in [-0.4, -0.2) is 16.7 Å². The van der Waals surface area contributed by atoms with Crippen LogP contribution in [0.3, 0.4) is 0 Å². The van der Waals surface area contributed by atoms with Crippen LogP contribution < -0.4 is 5.32 Å². The van der Waals surface area contributed by atoms with Gasteiger partial charge >= 0.3 is 0 Å². The summed E-state index contributed by atoms with van der Waals surface area (Å²) in [5, 5.41) is 5.41. The van der Waals surface area contributed by atoms with Gasteiger partial charge in [0.25, 0.3) is 0 Å². The summed E-state index contributed by atoms with van der Waals surface area (Å²) in [6, 6.07) is 6.00. The van der Waals surface area contributed by atoms with Crippen LogP contribution in [0.25, 0.3) is 11.3 Å². The molecule has 146 valence electrons. The fraction of sp³-hybridized carbons (Fsp3) is 0.318. The number of nitrogens with zero attached hydrogens (tertiary/aromatic N) is 1. The van der Waals surface area contributed by atoms with E-state index in [2.05, 4.69) is 43.2 Å².